The molecule has 7 aromatic rings. The Kier molecular flexibility index (Phi) is 13.5. The van der Waals surface area contributed by atoms with Crippen LogP contribution in [0.15, 0.2) is 101 Å². The Bertz CT molecular complexity index is 3180. The largest absolute Gasteiger partial charge is 0.490 e. The van der Waals surface area contributed by atoms with Crippen molar-refractivity contribution in [3.05, 3.63) is 141 Å². The van der Waals surface area contributed by atoms with Crippen LogP contribution in [0.1, 0.15) is 116 Å². The SMILES string of the molecule is Cc1ncoc1-c1ccc(C(C)NC(=O)[C@@H]2C[C@@H](C)CN2C(=O)[C@H](C(C)C)n2cc(-c3cccc(O[C@H]4C[C@@H](NC(=O)C[C@@H]5N=C(c6ccc(Cl)cc6)c6c(sc(C)c6C)-n6c(C)nnc65)C4)c3)cn2)cc1. The molecule has 10 rings (SSSR count). The standard InChI is InChI=1S/C55H59ClN10O5S/c1-29(2)50(54(69)64-26-30(3)20-46(64)53(68)59-32(5)36-12-14-38(15-13-36)51-33(6)57-28-70-51)65-27-40(25-58-65)39-10-9-11-43(21-39)71-44-22-42(23-44)60-47(67)24-45-52-63-62-35(8)66(52)55-48(31(4)34(7)72-55)49(61-45)37-16-18-41(56)19-17-37/h9-19,21,25,27-30,32,42,44-46,50H,20,22-24,26H2,1-8H3,(H,59,68)(H,60,67)/t30-,32?,42-,44+,45+,46+,50+/m1/s1. The molecule has 1 saturated carbocycles. The maximum Gasteiger partial charge on any atom is 0.248 e. The molecule has 2 fully saturated rings. The second-order valence-corrected chi connectivity index (χ2v) is 21.6. The second kappa shape index (κ2) is 19.9. The number of carbonyl (C=O) groups is 3. The van der Waals surface area contributed by atoms with Crippen molar-refractivity contribution in [3.63, 3.8) is 0 Å². The predicted molar refractivity (Wildman–Crippen MR) is 278 cm³/mol. The topological polar surface area (TPSA) is 175 Å². The minimum absolute atomic E-state index is 0.0492. The highest BCUT2D eigenvalue weighted by molar-refractivity contribution is 7.15. The van der Waals surface area contributed by atoms with E-state index in [-0.39, 0.29) is 54.2 Å². The van der Waals surface area contributed by atoms with Gasteiger partial charge in [-0.3, -0.25) is 28.6 Å². The van der Waals surface area contributed by atoms with Gasteiger partial charge in [0, 0.05) is 63.8 Å². The molecule has 2 N–H and O–H groups in total. The lowest BCUT2D eigenvalue weighted by atomic mass is 9.89. The number of amides is 3. The number of aromatic nitrogens is 6. The van der Waals surface area contributed by atoms with Crippen LogP contribution in [0.4, 0.5) is 0 Å². The molecule has 3 amide bonds. The van der Waals surface area contributed by atoms with Crippen LogP contribution in [-0.2, 0) is 14.4 Å². The van der Waals surface area contributed by atoms with Crippen molar-refractivity contribution in [1.82, 2.24) is 45.1 Å². The third-order valence-electron chi connectivity index (χ3n) is 14.3. The summed E-state index contributed by atoms with van der Waals surface area (Å²) in [5.74, 6) is 2.45. The highest BCUT2D eigenvalue weighted by Gasteiger charge is 2.42. The molecule has 4 aromatic heterocycles. The fraction of sp³-hybridized carbons (Fsp3) is 0.382. The average molecular weight is 1010 g/mol. The maximum atomic E-state index is 14.5. The lowest BCUT2D eigenvalue weighted by Crippen LogP contribution is -2.49. The zero-order valence-corrected chi connectivity index (χ0v) is 43.3. The summed E-state index contributed by atoms with van der Waals surface area (Å²) in [6, 6.07) is 21.3. The Morgan fingerprint density at radius 3 is 2.39 bits per heavy atom. The molecule has 0 radical (unpaired) electrons. The summed E-state index contributed by atoms with van der Waals surface area (Å²) in [6.07, 6.45) is 7.03. The summed E-state index contributed by atoms with van der Waals surface area (Å²) in [6.45, 7) is 16.6. The first-order valence-corrected chi connectivity index (χ1v) is 25.9. The number of oxazole rings is 1. The molecule has 0 bridgehead atoms. The lowest BCUT2D eigenvalue weighted by Gasteiger charge is -2.36. The second-order valence-electron chi connectivity index (χ2n) is 20.0. The Labute approximate surface area is 428 Å². The average Bonchev–Trinajstić information content (AvgIpc) is 4.19. The molecule has 72 heavy (non-hydrogen) atoms. The van der Waals surface area contributed by atoms with Crippen LogP contribution >= 0.6 is 22.9 Å². The van der Waals surface area contributed by atoms with Gasteiger partial charge in [-0.1, -0.05) is 80.9 Å². The van der Waals surface area contributed by atoms with Gasteiger partial charge in [0.05, 0.1) is 30.1 Å². The molecule has 1 saturated heterocycles. The number of benzene rings is 3. The monoisotopic (exact) mass is 1010 g/mol. The van der Waals surface area contributed by atoms with E-state index < -0.39 is 18.1 Å². The third kappa shape index (κ3) is 9.61. The molecular weight excluding hydrogens is 948 g/mol. The Balaban J connectivity index is 0.762. The molecule has 15 nitrogen and oxygen atoms in total. The highest BCUT2D eigenvalue weighted by atomic mass is 35.5. The highest BCUT2D eigenvalue weighted by Crippen LogP contribution is 2.40. The number of halogens is 1. The summed E-state index contributed by atoms with van der Waals surface area (Å²) in [4.78, 5) is 54.6. The van der Waals surface area contributed by atoms with Crippen LogP contribution in [0.2, 0.25) is 5.02 Å². The van der Waals surface area contributed by atoms with E-state index in [2.05, 4.69) is 51.2 Å². The van der Waals surface area contributed by atoms with Gasteiger partial charge in [0.15, 0.2) is 18.0 Å². The fourth-order valence-electron chi connectivity index (χ4n) is 10.3. The van der Waals surface area contributed by atoms with Gasteiger partial charge in [-0.2, -0.15) is 5.10 Å². The molecule has 1 unspecified atom stereocenters. The van der Waals surface area contributed by atoms with E-state index in [1.807, 2.05) is 114 Å². The molecular formula is C55H59ClN10O5S. The fourth-order valence-corrected chi connectivity index (χ4v) is 11.6. The van der Waals surface area contributed by atoms with Crippen LogP contribution in [0, 0.1) is 39.5 Å². The number of aliphatic imine (C=N–C) groups is 1. The number of carbonyl (C=O) groups excluding carboxylic acids is 3. The zero-order valence-electron chi connectivity index (χ0n) is 41.7. The number of ether oxygens (including phenoxy) is 1. The number of hydrogen-bond acceptors (Lipinski definition) is 11. The molecule has 2 aliphatic heterocycles. The van der Waals surface area contributed by atoms with Crippen LogP contribution in [0.3, 0.4) is 0 Å². The van der Waals surface area contributed by atoms with E-state index >= 15 is 0 Å². The summed E-state index contributed by atoms with van der Waals surface area (Å²) in [5, 5.41) is 21.8. The first kappa shape index (κ1) is 48.7. The number of nitrogens with one attached hydrogen (secondary N) is 2. The minimum Gasteiger partial charge on any atom is -0.490 e. The lowest BCUT2D eigenvalue weighted by molar-refractivity contribution is -0.142. The molecule has 3 aliphatic rings. The molecule has 372 valence electrons. The molecule has 6 heterocycles. The van der Waals surface area contributed by atoms with Crippen LogP contribution in [-0.4, -0.2) is 82.6 Å². The summed E-state index contributed by atoms with van der Waals surface area (Å²) >= 11 is 7.97. The number of thiophene rings is 1. The zero-order chi connectivity index (χ0) is 50.5. The molecule has 0 spiro atoms. The van der Waals surface area contributed by atoms with E-state index in [4.69, 9.17) is 30.8 Å². The van der Waals surface area contributed by atoms with Crippen LogP contribution < -0.4 is 15.4 Å². The van der Waals surface area contributed by atoms with Crippen molar-refractivity contribution < 1.29 is 23.5 Å². The maximum absolute atomic E-state index is 14.5. The van der Waals surface area contributed by atoms with Gasteiger partial charge in [0.1, 0.15) is 40.8 Å². The number of aryl methyl sites for hydroxylation is 3. The first-order valence-electron chi connectivity index (χ1n) is 24.7. The van der Waals surface area contributed by atoms with Crippen molar-refractivity contribution in [3.8, 4) is 33.2 Å². The Morgan fingerprint density at radius 1 is 0.917 bits per heavy atom. The molecule has 1 aliphatic carbocycles. The number of hydrogen-bond donors (Lipinski definition) is 2. The van der Waals surface area contributed by atoms with Gasteiger partial charge in [0.2, 0.25) is 17.7 Å². The Hall–Kier alpha value is -6.91. The van der Waals surface area contributed by atoms with Gasteiger partial charge in [-0.15, -0.1) is 21.5 Å². The van der Waals surface area contributed by atoms with E-state index in [9.17, 15) is 14.4 Å². The third-order valence-corrected chi connectivity index (χ3v) is 15.8. The van der Waals surface area contributed by atoms with Crippen LogP contribution in [0.5, 0.6) is 5.75 Å². The Morgan fingerprint density at radius 2 is 1.67 bits per heavy atom. The van der Waals surface area contributed by atoms with Crippen molar-refractivity contribution in [1.29, 1.82) is 0 Å². The summed E-state index contributed by atoms with van der Waals surface area (Å²) in [7, 11) is 0. The van der Waals surface area contributed by atoms with Gasteiger partial charge in [-0.25, -0.2) is 4.98 Å². The molecule has 17 heteroatoms. The quantitative estimate of drug-likeness (QED) is 0.107. The van der Waals surface area contributed by atoms with Crippen LogP contribution in [0.25, 0.3) is 27.5 Å². The van der Waals surface area contributed by atoms with E-state index in [0.717, 1.165) is 66.9 Å². The van der Waals surface area contributed by atoms with Crippen molar-refractivity contribution in [2.45, 2.75) is 117 Å². The van der Waals surface area contributed by atoms with E-state index in [0.29, 0.717) is 42.4 Å². The van der Waals surface area contributed by atoms with E-state index in [1.165, 1.54) is 11.3 Å². The molecule has 3 aromatic carbocycles. The normalized spacial score (nSPS) is 20.2. The van der Waals surface area contributed by atoms with Gasteiger partial charge in [0.25, 0.3) is 0 Å². The first-order chi connectivity index (χ1) is 34.6. The van der Waals surface area contributed by atoms with E-state index in [1.54, 1.807) is 27.1 Å². The van der Waals surface area contributed by atoms with Crippen molar-refractivity contribution in [2.24, 2.45) is 16.8 Å². The van der Waals surface area contributed by atoms with Gasteiger partial charge >= 0.3 is 0 Å². The van der Waals surface area contributed by atoms with Gasteiger partial charge < -0.3 is 24.7 Å². The number of rotatable bonds is 14. The minimum atomic E-state index is -0.616. The van der Waals surface area contributed by atoms with Crippen molar-refractivity contribution >= 4 is 46.4 Å². The molecule has 5 atom stereocenters. The summed E-state index contributed by atoms with van der Waals surface area (Å²) in [5.41, 5.74) is 8.29. The predicted octanol–water partition coefficient (Wildman–Crippen LogP) is 10.1. The van der Waals surface area contributed by atoms with Gasteiger partial charge in [-0.05, 0) is 93.8 Å². The number of fused-ring (bicyclic) bond motifs is 3. The number of nitrogens with zero attached hydrogens (tertiary/aromatic N) is 8. The number of likely N-dealkylation sites (tertiary alicyclic amines) is 1. The van der Waals surface area contributed by atoms with Crippen molar-refractivity contribution in [2.75, 3.05) is 6.54 Å². The smallest absolute Gasteiger partial charge is 0.248 e. The summed E-state index contributed by atoms with van der Waals surface area (Å²) < 4.78 is 15.8.